The highest BCUT2D eigenvalue weighted by molar-refractivity contribution is 5.82. The van der Waals surface area contributed by atoms with Crippen LogP contribution >= 0.6 is 0 Å². The molecule has 26 heavy (non-hydrogen) atoms. The van der Waals surface area contributed by atoms with E-state index in [0.29, 0.717) is 5.92 Å². The molecule has 0 radical (unpaired) electrons. The first-order valence-corrected chi connectivity index (χ1v) is 10.2. The second-order valence-electron chi connectivity index (χ2n) is 8.07. The van der Waals surface area contributed by atoms with Crippen molar-refractivity contribution in [3.63, 3.8) is 0 Å². The van der Waals surface area contributed by atoms with Crippen LogP contribution in [0.1, 0.15) is 31.2 Å². The highest BCUT2D eigenvalue weighted by Crippen LogP contribution is 2.30. The van der Waals surface area contributed by atoms with Crippen LogP contribution in [0, 0.1) is 11.8 Å². The summed E-state index contributed by atoms with van der Waals surface area (Å²) in [5, 5.41) is 0. The molecule has 0 spiro atoms. The molecule has 1 aromatic rings. The number of nitrogens with zero attached hydrogens (tertiary/aromatic N) is 2. The minimum atomic E-state index is -0.346. The van der Waals surface area contributed by atoms with Gasteiger partial charge in [0.1, 0.15) is 0 Å². The molecule has 3 aliphatic rings. The predicted molar refractivity (Wildman–Crippen MR) is 103 cm³/mol. The fourth-order valence-corrected chi connectivity index (χ4v) is 4.73. The summed E-state index contributed by atoms with van der Waals surface area (Å²) in [5.41, 5.74) is 9.17. The van der Waals surface area contributed by atoms with Gasteiger partial charge in [-0.15, -0.1) is 0 Å². The van der Waals surface area contributed by atoms with E-state index in [1.54, 1.807) is 0 Å². The first kappa shape index (κ1) is 17.8. The lowest BCUT2D eigenvalue weighted by molar-refractivity contribution is -0.136. The van der Waals surface area contributed by atoms with E-state index < -0.39 is 0 Å². The first-order chi connectivity index (χ1) is 12.7. The van der Waals surface area contributed by atoms with Crippen molar-refractivity contribution in [2.24, 2.45) is 17.6 Å². The van der Waals surface area contributed by atoms with Crippen LogP contribution in [0.25, 0.3) is 0 Å². The molecule has 5 nitrogen and oxygen atoms in total. The van der Waals surface area contributed by atoms with Gasteiger partial charge in [-0.2, -0.15) is 0 Å². The average molecular weight is 357 g/mol. The quantitative estimate of drug-likeness (QED) is 0.896. The summed E-state index contributed by atoms with van der Waals surface area (Å²) in [6.45, 7) is 5.44. The molecule has 2 saturated heterocycles. The molecule has 0 bridgehead atoms. The number of nitrogens with two attached hydrogens (primary N) is 1. The largest absolute Gasteiger partial charge is 0.381 e. The van der Waals surface area contributed by atoms with E-state index in [1.165, 1.54) is 11.3 Å². The molecule has 2 fully saturated rings. The van der Waals surface area contributed by atoms with Gasteiger partial charge in [0, 0.05) is 45.1 Å². The van der Waals surface area contributed by atoms with Crippen LogP contribution in [0.15, 0.2) is 24.3 Å². The Balaban J connectivity index is 1.27. The zero-order valence-electron chi connectivity index (χ0n) is 15.6. The highest BCUT2D eigenvalue weighted by Gasteiger charge is 2.32. The maximum Gasteiger partial charge on any atom is 0.239 e. The minimum Gasteiger partial charge on any atom is -0.381 e. The number of likely N-dealkylation sites (tertiary alicyclic amines) is 1. The lowest BCUT2D eigenvalue weighted by Crippen LogP contribution is -2.51. The molecule has 1 atom stereocenters. The second kappa shape index (κ2) is 7.97. The third-order valence-electron chi connectivity index (χ3n) is 6.45. The van der Waals surface area contributed by atoms with Gasteiger partial charge in [0.05, 0.1) is 6.04 Å². The van der Waals surface area contributed by atoms with Gasteiger partial charge in [-0.3, -0.25) is 4.79 Å². The molecule has 2 N–H and O–H groups in total. The molecule has 1 unspecified atom stereocenters. The number of amides is 1. The Bertz CT molecular complexity index is 621. The number of ether oxygens (including phenoxy) is 1. The average Bonchev–Trinajstić information content (AvgIpc) is 3.11. The van der Waals surface area contributed by atoms with Gasteiger partial charge in [-0.1, -0.05) is 18.2 Å². The lowest BCUT2D eigenvalue weighted by atomic mass is 9.90. The Morgan fingerprint density at radius 1 is 1.12 bits per heavy atom. The zero-order chi connectivity index (χ0) is 17.9. The van der Waals surface area contributed by atoms with Crippen LogP contribution in [0.4, 0.5) is 5.69 Å². The molecule has 0 aliphatic carbocycles. The van der Waals surface area contributed by atoms with Crippen molar-refractivity contribution in [3.05, 3.63) is 29.8 Å². The molecule has 1 amide bonds. The van der Waals surface area contributed by atoms with Gasteiger partial charge in [0.25, 0.3) is 0 Å². The van der Waals surface area contributed by atoms with E-state index in [4.69, 9.17) is 10.5 Å². The monoisotopic (exact) mass is 357 g/mol. The molecule has 5 heteroatoms. The number of fused-ring (bicyclic) bond motifs is 1. The predicted octanol–water partition coefficient (Wildman–Crippen LogP) is 2.04. The van der Waals surface area contributed by atoms with Gasteiger partial charge in [0.15, 0.2) is 0 Å². The number of carbonyl (C=O) groups excluding carboxylic acids is 1. The fraction of sp³-hybridized carbons (Fsp3) is 0.667. The summed E-state index contributed by atoms with van der Waals surface area (Å²) < 4.78 is 5.39. The molecular weight excluding hydrogens is 326 g/mol. The Morgan fingerprint density at radius 2 is 1.85 bits per heavy atom. The molecule has 0 aromatic heterocycles. The highest BCUT2D eigenvalue weighted by atomic mass is 16.5. The first-order valence-electron chi connectivity index (χ1n) is 10.2. The van der Waals surface area contributed by atoms with Crippen molar-refractivity contribution in [2.75, 3.05) is 44.3 Å². The maximum atomic E-state index is 12.8. The van der Waals surface area contributed by atoms with Crippen LogP contribution in [-0.4, -0.2) is 56.2 Å². The Labute approximate surface area is 156 Å². The van der Waals surface area contributed by atoms with Gasteiger partial charge in [-0.05, 0) is 55.6 Å². The van der Waals surface area contributed by atoms with Crippen molar-refractivity contribution in [3.8, 4) is 0 Å². The fourth-order valence-electron chi connectivity index (χ4n) is 4.73. The molecule has 3 heterocycles. The Hall–Kier alpha value is -1.59. The Kier molecular flexibility index (Phi) is 5.46. The van der Waals surface area contributed by atoms with Crippen molar-refractivity contribution in [1.82, 2.24) is 4.90 Å². The number of hydrogen-bond donors (Lipinski definition) is 1. The SMILES string of the molecule is NC(C(=O)N1CCC(CN2CCc3ccccc32)CC1)C1CCOCC1. The number of anilines is 1. The molecule has 142 valence electrons. The van der Waals surface area contributed by atoms with Crippen molar-refractivity contribution in [1.29, 1.82) is 0 Å². The maximum absolute atomic E-state index is 12.8. The Morgan fingerprint density at radius 3 is 2.62 bits per heavy atom. The van der Waals surface area contributed by atoms with E-state index in [2.05, 4.69) is 29.2 Å². The number of carbonyl (C=O) groups is 1. The molecule has 4 rings (SSSR count). The topological polar surface area (TPSA) is 58.8 Å². The van der Waals surface area contributed by atoms with Gasteiger partial charge in [-0.25, -0.2) is 0 Å². The van der Waals surface area contributed by atoms with E-state index >= 15 is 0 Å². The van der Waals surface area contributed by atoms with Crippen LogP contribution in [0.2, 0.25) is 0 Å². The third kappa shape index (κ3) is 3.74. The number of benzene rings is 1. The van der Waals surface area contributed by atoms with E-state index in [1.807, 2.05) is 4.90 Å². The van der Waals surface area contributed by atoms with E-state index in [-0.39, 0.29) is 17.9 Å². The summed E-state index contributed by atoms with van der Waals surface area (Å²) in [6.07, 6.45) is 5.17. The summed E-state index contributed by atoms with van der Waals surface area (Å²) in [6, 6.07) is 8.41. The van der Waals surface area contributed by atoms with Crippen molar-refractivity contribution in [2.45, 2.75) is 38.1 Å². The zero-order valence-corrected chi connectivity index (χ0v) is 15.6. The molecule has 3 aliphatic heterocycles. The molecular formula is C21H31N3O2. The third-order valence-corrected chi connectivity index (χ3v) is 6.45. The number of piperidine rings is 1. The lowest BCUT2D eigenvalue weighted by Gasteiger charge is -2.37. The smallest absolute Gasteiger partial charge is 0.239 e. The molecule has 1 aromatic carbocycles. The minimum absolute atomic E-state index is 0.155. The molecule has 0 saturated carbocycles. The van der Waals surface area contributed by atoms with Crippen molar-refractivity contribution >= 4 is 11.6 Å². The van der Waals surface area contributed by atoms with Crippen LogP contribution < -0.4 is 10.6 Å². The standard InChI is InChI=1S/C21H31N3O2/c22-20(18-8-13-26-14-9-18)21(25)23-10-5-16(6-11-23)15-24-12-7-17-3-1-2-4-19(17)24/h1-4,16,18,20H,5-15,22H2. The summed E-state index contributed by atoms with van der Waals surface area (Å²) >= 11 is 0. The summed E-state index contributed by atoms with van der Waals surface area (Å²) in [4.78, 5) is 17.3. The number of hydrogen-bond acceptors (Lipinski definition) is 4. The van der Waals surface area contributed by atoms with Gasteiger partial charge in [0.2, 0.25) is 5.91 Å². The summed E-state index contributed by atoms with van der Waals surface area (Å²) in [7, 11) is 0. The van der Waals surface area contributed by atoms with Crippen LogP contribution in [0.5, 0.6) is 0 Å². The van der Waals surface area contributed by atoms with Gasteiger partial charge < -0.3 is 20.3 Å². The number of para-hydroxylation sites is 1. The summed E-state index contributed by atoms with van der Waals surface area (Å²) in [5.74, 6) is 1.11. The van der Waals surface area contributed by atoms with E-state index in [0.717, 1.165) is 71.5 Å². The second-order valence-corrected chi connectivity index (χ2v) is 8.07. The van der Waals surface area contributed by atoms with Crippen LogP contribution in [0.3, 0.4) is 0 Å². The van der Waals surface area contributed by atoms with Gasteiger partial charge >= 0.3 is 0 Å². The number of rotatable bonds is 4. The van der Waals surface area contributed by atoms with Crippen LogP contribution in [-0.2, 0) is 16.0 Å². The van der Waals surface area contributed by atoms with Crippen molar-refractivity contribution < 1.29 is 9.53 Å². The normalized spacial score (nSPS) is 23.1. The van der Waals surface area contributed by atoms with E-state index in [9.17, 15) is 4.79 Å².